The molecule has 21 heavy (non-hydrogen) atoms. The molecule has 2 amide bonds. The van der Waals surface area contributed by atoms with Crippen LogP contribution >= 0.6 is 0 Å². The Morgan fingerprint density at radius 3 is 1.81 bits per heavy atom. The van der Waals surface area contributed by atoms with E-state index in [-0.39, 0.29) is 56.4 Å². The molecule has 0 aliphatic carbocycles. The molecule has 0 bridgehead atoms. The van der Waals surface area contributed by atoms with Gasteiger partial charge in [0.2, 0.25) is 11.8 Å². The second-order valence-electron chi connectivity index (χ2n) is 3.13. The smallest absolute Gasteiger partial charge is 0.220 e. The normalized spacial score (nSPS) is 6.95. The van der Waals surface area contributed by atoms with Gasteiger partial charge in [0.25, 0.3) is 0 Å². The van der Waals surface area contributed by atoms with Crippen LogP contribution in [0.4, 0.5) is 0 Å². The summed E-state index contributed by atoms with van der Waals surface area (Å²) in [6, 6.07) is 0. The SMILES string of the molecule is C.C.C.C.C.C.CCOCCCC(=O)NCCNC(C)=O. The van der Waals surface area contributed by atoms with Gasteiger partial charge in [-0.25, -0.2) is 0 Å². The second kappa shape index (κ2) is 31.3. The van der Waals surface area contributed by atoms with E-state index in [4.69, 9.17) is 4.74 Å². The van der Waals surface area contributed by atoms with E-state index in [1.54, 1.807) is 0 Å². The van der Waals surface area contributed by atoms with E-state index in [0.29, 0.717) is 32.7 Å². The number of ether oxygens (including phenoxy) is 1. The van der Waals surface area contributed by atoms with Crippen molar-refractivity contribution < 1.29 is 14.3 Å². The molecule has 0 aromatic heterocycles. The topological polar surface area (TPSA) is 67.4 Å². The van der Waals surface area contributed by atoms with Crippen molar-refractivity contribution in [1.29, 1.82) is 0 Å². The van der Waals surface area contributed by atoms with E-state index < -0.39 is 0 Å². The minimum atomic E-state index is -0.0828. The van der Waals surface area contributed by atoms with Gasteiger partial charge in [0, 0.05) is 39.6 Å². The number of hydrogen-bond acceptors (Lipinski definition) is 3. The highest BCUT2D eigenvalue weighted by molar-refractivity contribution is 5.76. The standard InChI is InChI=1S/C10H20N2O3.6CH4/c1-3-15-8-4-5-10(14)12-7-6-11-9(2)13;;;;;;/h3-8H2,1-2H3,(H,11,13)(H,12,14);6*1H4. The highest BCUT2D eigenvalue weighted by Crippen LogP contribution is 1.89. The van der Waals surface area contributed by atoms with Gasteiger partial charge in [0.05, 0.1) is 0 Å². The van der Waals surface area contributed by atoms with Crippen LogP contribution in [-0.4, -0.2) is 38.1 Å². The number of hydrogen-bond donors (Lipinski definition) is 2. The highest BCUT2D eigenvalue weighted by atomic mass is 16.5. The van der Waals surface area contributed by atoms with Crippen LogP contribution in [0.1, 0.15) is 71.2 Å². The lowest BCUT2D eigenvalue weighted by Gasteiger charge is -2.05. The second-order valence-corrected chi connectivity index (χ2v) is 3.13. The lowest BCUT2D eigenvalue weighted by atomic mass is 10.3. The number of carbonyl (C=O) groups is 2. The van der Waals surface area contributed by atoms with Gasteiger partial charge in [0.1, 0.15) is 0 Å². The predicted octanol–water partition coefficient (Wildman–Crippen LogP) is 3.87. The third kappa shape index (κ3) is 38.1. The summed E-state index contributed by atoms with van der Waals surface area (Å²) < 4.78 is 5.10. The molecule has 0 aromatic rings. The summed E-state index contributed by atoms with van der Waals surface area (Å²) in [7, 11) is 0. The molecule has 5 nitrogen and oxygen atoms in total. The minimum Gasteiger partial charge on any atom is -0.382 e. The Bertz CT molecular complexity index is 198. The van der Waals surface area contributed by atoms with Gasteiger partial charge in [-0.2, -0.15) is 0 Å². The van der Waals surface area contributed by atoms with Crippen LogP contribution in [0.25, 0.3) is 0 Å². The van der Waals surface area contributed by atoms with Crippen molar-refractivity contribution in [2.75, 3.05) is 26.3 Å². The fourth-order valence-corrected chi connectivity index (χ4v) is 1.01. The van der Waals surface area contributed by atoms with Crippen molar-refractivity contribution in [3.8, 4) is 0 Å². The van der Waals surface area contributed by atoms with Crippen molar-refractivity contribution in [2.24, 2.45) is 0 Å². The first-order valence-corrected chi connectivity index (χ1v) is 5.25. The van der Waals surface area contributed by atoms with E-state index in [1.165, 1.54) is 6.92 Å². The lowest BCUT2D eigenvalue weighted by Crippen LogP contribution is -2.33. The van der Waals surface area contributed by atoms with Crippen molar-refractivity contribution in [3.63, 3.8) is 0 Å². The van der Waals surface area contributed by atoms with Crippen LogP contribution in [0.15, 0.2) is 0 Å². The van der Waals surface area contributed by atoms with E-state index in [0.717, 1.165) is 6.42 Å². The number of carbonyl (C=O) groups excluding carboxylic acids is 2. The third-order valence-electron chi connectivity index (χ3n) is 1.72. The number of amides is 2. The molecule has 0 radical (unpaired) electrons. The van der Waals surface area contributed by atoms with Crippen LogP contribution in [0, 0.1) is 0 Å². The van der Waals surface area contributed by atoms with Gasteiger partial charge in [0.15, 0.2) is 0 Å². The summed E-state index contributed by atoms with van der Waals surface area (Å²) >= 11 is 0. The molecule has 0 rings (SSSR count). The quantitative estimate of drug-likeness (QED) is 0.668. The van der Waals surface area contributed by atoms with Crippen molar-refractivity contribution >= 4 is 11.8 Å². The zero-order valence-electron chi connectivity index (χ0n) is 9.47. The molecule has 0 atom stereocenters. The van der Waals surface area contributed by atoms with Gasteiger partial charge in [-0.15, -0.1) is 0 Å². The van der Waals surface area contributed by atoms with Crippen molar-refractivity contribution in [3.05, 3.63) is 0 Å². The average Bonchev–Trinajstić information content (AvgIpc) is 2.19. The largest absolute Gasteiger partial charge is 0.382 e. The Balaban J connectivity index is -0.0000000653. The molecule has 0 aromatic carbocycles. The van der Waals surface area contributed by atoms with Gasteiger partial charge < -0.3 is 15.4 Å². The molecule has 0 heterocycles. The molecule has 0 aliphatic rings. The fourth-order valence-electron chi connectivity index (χ4n) is 1.01. The Morgan fingerprint density at radius 2 is 1.38 bits per heavy atom. The summed E-state index contributed by atoms with van der Waals surface area (Å²) in [5.41, 5.74) is 0. The first-order chi connectivity index (χ1) is 7.16. The van der Waals surface area contributed by atoms with Gasteiger partial charge in [-0.3, -0.25) is 9.59 Å². The summed E-state index contributed by atoms with van der Waals surface area (Å²) in [6.07, 6.45) is 1.21. The number of rotatable bonds is 8. The van der Waals surface area contributed by atoms with Crippen molar-refractivity contribution in [2.45, 2.75) is 71.2 Å². The Hall–Kier alpha value is -1.10. The van der Waals surface area contributed by atoms with Crippen LogP contribution < -0.4 is 10.6 Å². The lowest BCUT2D eigenvalue weighted by molar-refractivity contribution is -0.122. The fraction of sp³-hybridized carbons (Fsp3) is 0.875. The maximum Gasteiger partial charge on any atom is 0.220 e. The molecule has 0 spiro atoms. The maximum atomic E-state index is 11.2. The first-order valence-electron chi connectivity index (χ1n) is 5.25. The Kier molecular flexibility index (Phi) is 63.8. The molecular formula is C16H44N2O3. The monoisotopic (exact) mass is 312 g/mol. The highest BCUT2D eigenvalue weighted by Gasteiger charge is 1.99. The molecule has 0 saturated carbocycles. The van der Waals surface area contributed by atoms with Crippen LogP contribution in [0.3, 0.4) is 0 Å². The zero-order chi connectivity index (χ0) is 11.5. The molecule has 0 aliphatic heterocycles. The number of nitrogens with one attached hydrogen (secondary N) is 2. The Morgan fingerprint density at radius 1 is 0.905 bits per heavy atom. The molecule has 0 unspecified atom stereocenters. The molecule has 2 N–H and O–H groups in total. The van der Waals surface area contributed by atoms with Crippen molar-refractivity contribution in [1.82, 2.24) is 10.6 Å². The van der Waals surface area contributed by atoms with Gasteiger partial charge in [-0.1, -0.05) is 44.6 Å². The third-order valence-corrected chi connectivity index (χ3v) is 1.72. The Labute approximate surface area is 135 Å². The molecule has 0 saturated heterocycles. The predicted molar refractivity (Wildman–Crippen MR) is 97.8 cm³/mol. The van der Waals surface area contributed by atoms with Gasteiger partial charge >= 0.3 is 0 Å². The maximum absolute atomic E-state index is 11.2. The summed E-state index contributed by atoms with van der Waals surface area (Å²) in [5.74, 6) is -0.0827. The molecule has 5 heteroatoms. The minimum absolute atomic E-state index is 0. The van der Waals surface area contributed by atoms with E-state index in [9.17, 15) is 9.59 Å². The van der Waals surface area contributed by atoms with Crippen LogP contribution in [-0.2, 0) is 14.3 Å². The zero-order valence-corrected chi connectivity index (χ0v) is 9.47. The van der Waals surface area contributed by atoms with E-state index >= 15 is 0 Å². The van der Waals surface area contributed by atoms with E-state index in [2.05, 4.69) is 10.6 Å². The first kappa shape index (κ1) is 42.7. The molecule has 0 fully saturated rings. The van der Waals surface area contributed by atoms with Gasteiger partial charge in [-0.05, 0) is 13.3 Å². The molecular weight excluding hydrogens is 268 g/mol. The average molecular weight is 313 g/mol. The van der Waals surface area contributed by atoms with E-state index in [1.807, 2.05) is 6.92 Å². The van der Waals surface area contributed by atoms with Crippen LogP contribution in [0.2, 0.25) is 0 Å². The molecule has 136 valence electrons. The summed E-state index contributed by atoms with van der Waals surface area (Å²) in [5, 5.41) is 5.30. The summed E-state index contributed by atoms with van der Waals surface area (Å²) in [6.45, 7) is 5.64. The van der Waals surface area contributed by atoms with Crippen LogP contribution in [0.5, 0.6) is 0 Å². The summed E-state index contributed by atoms with van der Waals surface area (Å²) in [4.78, 5) is 21.7.